The number of aryl methyl sites for hydroxylation is 2. The Bertz CT molecular complexity index is 2790. The van der Waals surface area contributed by atoms with Crippen molar-refractivity contribution in [1.29, 1.82) is 0 Å². The Hall–Kier alpha value is -6.93. The summed E-state index contributed by atoms with van der Waals surface area (Å²) in [7, 11) is 0. The lowest BCUT2D eigenvalue weighted by Gasteiger charge is -2.42. The average molecular weight is 733 g/mol. The number of hydrogen-bond donors (Lipinski definition) is 3. The average Bonchev–Trinajstić information content (AvgIpc) is 3.78. The van der Waals surface area contributed by atoms with Crippen molar-refractivity contribution >= 4 is 56.1 Å². The van der Waals surface area contributed by atoms with Gasteiger partial charge in [-0.3, -0.25) is 4.79 Å². The number of nitrogens with one attached hydrogen (secondary N) is 3. The molecule has 3 heterocycles. The molecule has 56 heavy (non-hydrogen) atoms. The van der Waals surface area contributed by atoms with Gasteiger partial charge < -0.3 is 20.4 Å². The predicted octanol–water partition coefficient (Wildman–Crippen LogP) is 10.9. The van der Waals surface area contributed by atoms with Crippen LogP contribution in [0.25, 0.3) is 44.0 Å². The second-order valence-electron chi connectivity index (χ2n) is 14.6. The van der Waals surface area contributed by atoms with Gasteiger partial charge in [-0.15, -0.1) is 0 Å². The van der Waals surface area contributed by atoms with Crippen LogP contribution in [0.5, 0.6) is 11.5 Å². The zero-order chi connectivity index (χ0) is 38.1. The summed E-state index contributed by atoms with van der Waals surface area (Å²) in [5, 5.41) is 18.4. The summed E-state index contributed by atoms with van der Waals surface area (Å²) in [6.45, 7) is 9.88. The smallest absolute Gasteiger partial charge is 0.275 e. The van der Waals surface area contributed by atoms with E-state index in [9.17, 15) is 4.79 Å². The Morgan fingerprint density at radius 3 is 1.93 bits per heavy atom. The summed E-state index contributed by atoms with van der Waals surface area (Å²) in [5.41, 5.74) is 10.0. The maximum absolute atomic E-state index is 14.7. The maximum atomic E-state index is 14.7. The number of imidazole rings is 1. The molecule has 8 aromatic rings. The van der Waals surface area contributed by atoms with Gasteiger partial charge in [-0.25, -0.2) is 9.99 Å². The number of fused-ring (bicyclic) bond motifs is 12. The molecule has 0 bridgehead atoms. The van der Waals surface area contributed by atoms with Crippen LogP contribution in [0, 0.1) is 13.8 Å². The molecular formula is C48H40N6O2. The molecule has 1 amide bonds. The highest BCUT2D eigenvalue weighted by molar-refractivity contribution is 6.23. The van der Waals surface area contributed by atoms with E-state index < -0.39 is 5.54 Å². The number of anilines is 2. The fraction of sp³-hybridized carbons (Fsp3) is 0.146. The van der Waals surface area contributed by atoms with Crippen molar-refractivity contribution < 1.29 is 9.53 Å². The van der Waals surface area contributed by atoms with Crippen molar-refractivity contribution in [2.75, 3.05) is 23.7 Å². The largest absolute Gasteiger partial charge is 0.456 e. The molecule has 0 fully saturated rings. The molecule has 10 rings (SSSR count). The van der Waals surface area contributed by atoms with Crippen molar-refractivity contribution in [3.05, 3.63) is 160 Å². The number of hydrazone groups is 1. The van der Waals surface area contributed by atoms with E-state index in [1.165, 1.54) is 10.8 Å². The first kappa shape index (κ1) is 33.6. The van der Waals surface area contributed by atoms with Gasteiger partial charge in [0.25, 0.3) is 5.91 Å². The lowest BCUT2D eigenvalue weighted by molar-refractivity contribution is 0.0675. The summed E-state index contributed by atoms with van der Waals surface area (Å²) in [4.78, 5) is 23.4. The van der Waals surface area contributed by atoms with E-state index in [4.69, 9.17) is 14.8 Å². The highest BCUT2D eigenvalue weighted by Gasteiger charge is 2.57. The third-order valence-corrected chi connectivity index (χ3v) is 11.3. The standard InChI is InChI=1S/C48H40N6O2/c1-5-49-40-25-42-38(23-28(40)3)48(39-24-29(4)41(50-6-2)26-43(39)56-42)37-18-12-11-17-36(37)47(55)54(48)51-27-30-19-21-31(22-20-30)46-52-44-34-15-9-7-13-32(34)33-14-8-10-16-35(33)45(44)53-46/h7-27,49-50H,5-6H2,1-4H3,(H,52,53)/b51-27+. The lowest BCUT2D eigenvalue weighted by Crippen LogP contribution is -2.44. The Morgan fingerprint density at radius 1 is 0.714 bits per heavy atom. The number of aromatic amines is 1. The highest BCUT2D eigenvalue weighted by Crippen LogP contribution is 2.59. The van der Waals surface area contributed by atoms with Crippen LogP contribution in [0.2, 0.25) is 0 Å². The van der Waals surface area contributed by atoms with Gasteiger partial charge in [-0.1, -0.05) is 91.0 Å². The van der Waals surface area contributed by atoms with Crippen LogP contribution in [0.4, 0.5) is 11.4 Å². The topological polar surface area (TPSA) is 94.6 Å². The van der Waals surface area contributed by atoms with Gasteiger partial charge in [0, 0.05) is 75.2 Å². The minimum absolute atomic E-state index is 0.171. The number of rotatable bonds is 7. The number of benzene rings is 7. The van der Waals surface area contributed by atoms with Crippen LogP contribution < -0.4 is 15.4 Å². The first-order chi connectivity index (χ1) is 27.4. The molecule has 0 saturated carbocycles. The number of aromatic nitrogens is 2. The van der Waals surface area contributed by atoms with E-state index in [2.05, 4.69) is 134 Å². The predicted molar refractivity (Wildman–Crippen MR) is 227 cm³/mol. The third kappa shape index (κ3) is 4.88. The molecule has 0 radical (unpaired) electrons. The molecule has 2 aliphatic heterocycles. The summed E-state index contributed by atoms with van der Waals surface area (Å²) in [6.07, 6.45) is 1.78. The number of amides is 1. The van der Waals surface area contributed by atoms with E-state index in [1.54, 1.807) is 11.2 Å². The number of H-pyrrole nitrogens is 1. The molecule has 7 aromatic carbocycles. The summed E-state index contributed by atoms with van der Waals surface area (Å²) >= 11 is 0. The molecule has 2 aliphatic rings. The second kappa shape index (κ2) is 12.8. The first-order valence-corrected chi connectivity index (χ1v) is 19.2. The Balaban J connectivity index is 1.10. The molecule has 0 saturated heterocycles. The van der Waals surface area contributed by atoms with Crippen molar-refractivity contribution in [3.63, 3.8) is 0 Å². The Labute approximate surface area is 324 Å². The summed E-state index contributed by atoms with van der Waals surface area (Å²) in [5.74, 6) is 2.00. The molecule has 3 N–H and O–H groups in total. The molecule has 0 atom stereocenters. The van der Waals surface area contributed by atoms with E-state index >= 15 is 0 Å². The molecule has 1 spiro atoms. The number of carbonyl (C=O) groups excluding carboxylic acids is 1. The van der Waals surface area contributed by atoms with Gasteiger partial charge in [0.1, 0.15) is 22.9 Å². The van der Waals surface area contributed by atoms with Crippen molar-refractivity contribution in [2.24, 2.45) is 5.10 Å². The van der Waals surface area contributed by atoms with Gasteiger partial charge in [0.2, 0.25) is 0 Å². The minimum Gasteiger partial charge on any atom is -0.456 e. The van der Waals surface area contributed by atoms with Crippen molar-refractivity contribution in [3.8, 4) is 22.9 Å². The summed E-state index contributed by atoms with van der Waals surface area (Å²) in [6, 6.07) is 41.3. The van der Waals surface area contributed by atoms with Crippen molar-refractivity contribution in [2.45, 2.75) is 33.2 Å². The van der Waals surface area contributed by atoms with Crippen LogP contribution in [-0.2, 0) is 5.54 Å². The second-order valence-corrected chi connectivity index (χ2v) is 14.6. The van der Waals surface area contributed by atoms with Crippen LogP contribution in [0.15, 0.2) is 126 Å². The Kier molecular flexibility index (Phi) is 7.71. The van der Waals surface area contributed by atoms with Gasteiger partial charge >= 0.3 is 0 Å². The minimum atomic E-state index is -1.07. The third-order valence-electron chi connectivity index (χ3n) is 11.3. The van der Waals surface area contributed by atoms with Crippen LogP contribution in [-0.4, -0.2) is 40.2 Å². The van der Waals surface area contributed by atoms with Gasteiger partial charge in [0.15, 0.2) is 0 Å². The molecule has 8 heteroatoms. The lowest BCUT2D eigenvalue weighted by atomic mass is 9.74. The zero-order valence-electron chi connectivity index (χ0n) is 31.7. The SMILES string of the molecule is CCNc1cc2c(cc1C)C1(c3cc(C)c(NCC)cc3O2)c2ccccc2C(=O)N1/N=C/c1ccc(-c2nc3c4ccccc4c4ccccc4c3[nH]2)cc1. The van der Waals surface area contributed by atoms with E-state index in [0.717, 1.165) is 91.0 Å². The fourth-order valence-electron chi connectivity index (χ4n) is 8.77. The maximum Gasteiger partial charge on any atom is 0.275 e. The highest BCUT2D eigenvalue weighted by atomic mass is 16.5. The molecule has 274 valence electrons. The monoisotopic (exact) mass is 732 g/mol. The number of nitrogens with zero attached hydrogens (tertiary/aromatic N) is 3. The molecular weight excluding hydrogens is 693 g/mol. The summed E-state index contributed by atoms with van der Waals surface area (Å²) < 4.78 is 6.76. The molecule has 0 unspecified atom stereocenters. The first-order valence-electron chi connectivity index (χ1n) is 19.2. The number of hydrogen-bond acceptors (Lipinski definition) is 6. The quantitative estimate of drug-likeness (QED) is 0.112. The van der Waals surface area contributed by atoms with Crippen LogP contribution >= 0.6 is 0 Å². The van der Waals surface area contributed by atoms with Crippen molar-refractivity contribution in [1.82, 2.24) is 15.0 Å². The van der Waals surface area contributed by atoms with Gasteiger partial charge in [-0.05, 0) is 73.4 Å². The molecule has 8 nitrogen and oxygen atoms in total. The van der Waals surface area contributed by atoms with E-state index in [-0.39, 0.29) is 5.91 Å². The fourth-order valence-corrected chi connectivity index (χ4v) is 8.77. The van der Waals surface area contributed by atoms with Gasteiger partial charge in [-0.2, -0.15) is 5.10 Å². The van der Waals surface area contributed by atoms with E-state index in [1.807, 2.05) is 30.3 Å². The van der Waals surface area contributed by atoms with Crippen LogP contribution in [0.1, 0.15) is 57.6 Å². The molecule has 1 aromatic heterocycles. The van der Waals surface area contributed by atoms with Crippen LogP contribution in [0.3, 0.4) is 0 Å². The number of carbonyl (C=O) groups is 1. The van der Waals surface area contributed by atoms with E-state index in [0.29, 0.717) is 17.1 Å². The zero-order valence-corrected chi connectivity index (χ0v) is 31.7. The normalized spacial score (nSPS) is 14.1. The molecule has 0 aliphatic carbocycles. The number of ether oxygens (including phenoxy) is 1. The Morgan fingerprint density at radius 2 is 1.29 bits per heavy atom. The van der Waals surface area contributed by atoms with Gasteiger partial charge in [0.05, 0.1) is 17.2 Å².